The van der Waals surface area contributed by atoms with E-state index in [9.17, 15) is 9.59 Å². The largest absolute Gasteiger partial charge is 0.367 e. The third-order valence-corrected chi connectivity index (χ3v) is 3.00. The summed E-state index contributed by atoms with van der Waals surface area (Å²) < 4.78 is 5.24. The van der Waals surface area contributed by atoms with Gasteiger partial charge >= 0.3 is 0 Å². The molecule has 1 N–H and O–H groups in total. The summed E-state index contributed by atoms with van der Waals surface area (Å²) in [5.41, 5.74) is 1.26. The molecule has 0 radical (unpaired) electrons. The van der Waals surface area contributed by atoms with Gasteiger partial charge in [0.2, 0.25) is 0 Å². The van der Waals surface area contributed by atoms with E-state index in [0.717, 1.165) is 5.56 Å². The highest BCUT2D eigenvalue weighted by molar-refractivity contribution is 5.96. The summed E-state index contributed by atoms with van der Waals surface area (Å²) in [5, 5.41) is 2.67. The van der Waals surface area contributed by atoms with Crippen LogP contribution in [0.2, 0.25) is 0 Å². The molecule has 0 spiro atoms. The maximum absolute atomic E-state index is 12.2. The van der Waals surface area contributed by atoms with E-state index in [-0.39, 0.29) is 11.7 Å². The average Bonchev–Trinajstić information content (AvgIpc) is 2.49. The lowest BCUT2D eigenvalue weighted by Gasteiger charge is -2.15. The fourth-order valence-corrected chi connectivity index (χ4v) is 1.89. The van der Waals surface area contributed by atoms with Crippen LogP contribution < -0.4 is 5.32 Å². The van der Waals surface area contributed by atoms with Gasteiger partial charge in [-0.25, -0.2) is 4.98 Å². The van der Waals surface area contributed by atoms with Crippen LogP contribution in [-0.2, 0) is 9.53 Å². The molecule has 1 amide bonds. The van der Waals surface area contributed by atoms with Gasteiger partial charge in [0.05, 0.1) is 0 Å². The fourth-order valence-electron chi connectivity index (χ4n) is 1.89. The topological polar surface area (TPSA) is 68.3 Å². The van der Waals surface area contributed by atoms with E-state index < -0.39 is 6.10 Å². The van der Waals surface area contributed by atoms with Gasteiger partial charge in [-0.1, -0.05) is 30.3 Å². The van der Waals surface area contributed by atoms with Crippen LogP contribution in [-0.4, -0.2) is 23.8 Å². The van der Waals surface area contributed by atoms with Gasteiger partial charge < -0.3 is 10.1 Å². The number of amides is 1. The smallest absolute Gasteiger partial charge is 0.259 e. The number of hydrogen-bond acceptors (Lipinski definition) is 4. The maximum atomic E-state index is 12.2. The third-order valence-electron chi connectivity index (χ3n) is 3.00. The van der Waals surface area contributed by atoms with Crippen molar-refractivity contribution in [1.82, 2.24) is 4.98 Å². The molecule has 1 aromatic heterocycles. The van der Waals surface area contributed by atoms with Crippen LogP contribution in [0.25, 0.3) is 0 Å². The lowest BCUT2D eigenvalue weighted by Crippen LogP contribution is -2.23. The monoisotopic (exact) mass is 284 g/mol. The Morgan fingerprint density at radius 1 is 1.14 bits per heavy atom. The first kappa shape index (κ1) is 14.9. The van der Waals surface area contributed by atoms with E-state index in [2.05, 4.69) is 10.3 Å². The number of anilines is 1. The summed E-state index contributed by atoms with van der Waals surface area (Å²) in [7, 11) is 1.48. The van der Waals surface area contributed by atoms with Crippen molar-refractivity contribution in [3.8, 4) is 0 Å². The SMILES string of the molecule is CO[C@@H](C(=O)Nc1ccc(C(C)=O)cn1)c1ccccc1. The number of nitrogens with one attached hydrogen (secondary N) is 1. The number of rotatable bonds is 5. The second kappa shape index (κ2) is 6.76. The van der Waals surface area contributed by atoms with Crippen molar-refractivity contribution in [2.24, 2.45) is 0 Å². The Kier molecular flexibility index (Phi) is 4.79. The summed E-state index contributed by atoms with van der Waals surface area (Å²) in [4.78, 5) is 27.4. The molecule has 0 aliphatic rings. The molecule has 2 aromatic rings. The molecule has 0 saturated carbocycles. The van der Waals surface area contributed by atoms with Crippen LogP contribution >= 0.6 is 0 Å². The highest BCUT2D eigenvalue weighted by atomic mass is 16.5. The van der Waals surface area contributed by atoms with Crippen molar-refractivity contribution in [3.05, 3.63) is 59.8 Å². The predicted molar refractivity (Wildman–Crippen MR) is 79.1 cm³/mol. The quantitative estimate of drug-likeness (QED) is 0.857. The van der Waals surface area contributed by atoms with Crippen LogP contribution in [0.1, 0.15) is 28.9 Å². The van der Waals surface area contributed by atoms with Gasteiger partial charge in [-0.05, 0) is 24.6 Å². The molecule has 0 aliphatic heterocycles. The minimum absolute atomic E-state index is 0.0700. The van der Waals surface area contributed by atoms with Crippen LogP contribution in [0.5, 0.6) is 0 Å². The van der Waals surface area contributed by atoms with Crippen molar-refractivity contribution in [1.29, 1.82) is 0 Å². The molecule has 1 heterocycles. The molecule has 108 valence electrons. The highest BCUT2D eigenvalue weighted by Crippen LogP contribution is 2.18. The number of carbonyl (C=O) groups is 2. The lowest BCUT2D eigenvalue weighted by atomic mass is 10.1. The van der Waals surface area contributed by atoms with Gasteiger partial charge in [0, 0.05) is 18.9 Å². The van der Waals surface area contributed by atoms with Crippen molar-refractivity contribution in [2.75, 3.05) is 12.4 Å². The molecule has 0 saturated heterocycles. The van der Waals surface area contributed by atoms with Gasteiger partial charge in [0.25, 0.3) is 5.91 Å². The number of hydrogen-bond donors (Lipinski definition) is 1. The standard InChI is InChI=1S/C16H16N2O3/c1-11(19)13-8-9-14(17-10-13)18-16(20)15(21-2)12-6-4-3-5-7-12/h3-10,15H,1-2H3,(H,17,18,20)/t15-/m1/s1. The summed E-state index contributed by atoms with van der Waals surface area (Å²) in [6, 6.07) is 12.4. The van der Waals surface area contributed by atoms with Crippen LogP contribution in [0.15, 0.2) is 48.7 Å². The van der Waals surface area contributed by atoms with E-state index in [1.54, 1.807) is 12.1 Å². The van der Waals surface area contributed by atoms with Gasteiger partial charge in [0.1, 0.15) is 5.82 Å². The number of aromatic nitrogens is 1. The molecule has 2 rings (SSSR count). The van der Waals surface area contributed by atoms with Crippen molar-refractivity contribution in [3.63, 3.8) is 0 Å². The van der Waals surface area contributed by atoms with Crippen LogP contribution in [0.3, 0.4) is 0 Å². The Bertz CT molecular complexity index is 624. The van der Waals surface area contributed by atoms with Crippen LogP contribution in [0.4, 0.5) is 5.82 Å². The minimum Gasteiger partial charge on any atom is -0.367 e. The molecule has 0 aliphatic carbocycles. The Morgan fingerprint density at radius 2 is 1.86 bits per heavy atom. The van der Waals surface area contributed by atoms with Crippen molar-refractivity contribution in [2.45, 2.75) is 13.0 Å². The molecule has 5 nitrogen and oxygen atoms in total. The fraction of sp³-hybridized carbons (Fsp3) is 0.188. The second-order valence-corrected chi connectivity index (χ2v) is 4.50. The normalized spacial score (nSPS) is 11.7. The number of ether oxygens (including phenoxy) is 1. The number of benzene rings is 1. The number of pyridine rings is 1. The number of ketones is 1. The summed E-state index contributed by atoms with van der Waals surface area (Å²) >= 11 is 0. The Balaban J connectivity index is 2.11. The van der Waals surface area contributed by atoms with Gasteiger partial charge in [-0.15, -0.1) is 0 Å². The second-order valence-electron chi connectivity index (χ2n) is 4.50. The lowest BCUT2D eigenvalue weighted by molar-refractivity contribution is -0.126. The van der Waals surface area contributed by atoms with Gasteiger partial charge in [0.15, 0.2) is 11.9 Å². The minimum atomic E-state index is -0.708. The van der Waals surface area contributed by atoms with E-state index >= 15 is 0 Å². The average molecular weight is 284 g/mol. The van der Waals surface area contributed by atoms with E-state index in [1.807, 2.05) is 30.3 Å². The molecular weight excluding hydrogens is 268 g/mol. The summed E-state index contributed by atoms with van der Waals surface area (Å²) in [6.45, 7) is 1.46. The molecular formula is C16H16N2O3. The van der Waals surface area contributed by atoms with Crippen molar-refractivity contribution < 1.29 is 14.3 Å². The molecule has 5 heteroatoms. The summed E-state index contributed by atoms with van der Waals surface area (Å²) in [6.07, 6.45) is 0.725. The Labute approximate surface area is 123 Å². The number of nitrogens with zero attached hydrogens (tertiary/aromatic N) is 1. The van der Waals surface area contributed by atoms with E-state index in [1.165, 1.54) is 20.2 Å². The zero-order chi connectivity index (χ0) is 15.2. The summed E-state index contributed by atoms with van der Waals surface area (Å²) in [5.74, 6) is -0.00538. The Morgan fingerprint density at radius 3 is 2.38 bits per heavy atom. The van der Waals surface area contributed by atoms with Crippen LogP contribution in [0, 0.1) is 0 Å². The van der Waals surface area contributed by atoms with E-state index in [0.29, 0.717) is 11.4 Å². The van der Waals surface area contributed by atoms with Crippen molar-refractivity contribution >= 4 is 17.5 Å². The van der Waals surface area contributed by atoms with E-state index in [4.69, 9.17) is 4.74 Å². The molecule has 1 atom stereocenters. The zero-order valence-electron chi connectivity index (χ0n) is 11.9. The molecule has 21 heavy (non-hydrogen) atoms. The molecule has 0 unspecified atom stereocenters. The number of carbonyl (C=O) groups excluding carboxylic acids is 2. The first-order chi connectivity index (χ1) is 10.1. The third kappa shape index (κ3) is 3.73. The number of methoxy groups -OCH3 is 1. The number of Topliss-reactive ketones (excluding diaryl/α,β-unsaturated/α-hetero) is 1. The Hall–Kier alpha value is -2.53. The van der Waals surface area contributed by atoms with Gasteiger partial charge in [-0.2, -0.15) is 0 Å². The maximum Gasteiger partial charge on any atom is 0.259 e. The molecule has 0 fully saturated rings. The first-order valence-electron chi connectivity index (χ1n) is 6.47. The molecule has 0 bridgehead atoms. The van der Waals surface area contributed by atoms with Gasteiger partial charge in [-0.3, -0.25) is 9.59 Å². The first-order valence-corrected chi connectivity index (χ1v) is 6.47. The zero-order valence-corrected chi connectivity index (χ0v) is 11.9. The predicted octanol–water partition coefficient (Wildman–Crippen LogP) is 2.61. The molecule has 1 aromatic carbocycles. The highest BCUT2D eigenvalue weighted by Gasteiger charge is 2.20.